The summed E-state index contributed by atoms with van der Waals surface area (Å²) in [5.41, 5.74) is 0.384. The third-order valence-corrected chi connectivity index (χ3v) is 2.37. The number of carbonyl (C=O) groups excluding carboxylic acids is 3. The summed E-state index contributed by atoms with van der Waals surface area (Å²) in [6, 6.07) is 0. The van der Waals surface area contributed by atoms with Gasteiger partial charge in [-0.05, 0) is 6.92 Å². The van der Waals surface area contributed by atoms with Gasteiger partial charge >= 0.3 is 5.97 Å². The summed E-state index contributed by atoms with van der Waals surface area (Å²) in [4.78, 5) is 35.5. The molecule has 90 valence electrons. The van der Waals surface area contributed by atoms with E-state index in [0.29, 0.717) is 5.69 Å². The van der Waals surface area contributed by atoms with E-state index >= 15 is 0 Å². The lowest BCUT2D eigenvalue weighted by Crippen LogP contribution is -2.26. The lowest BCUT2D eigenvalue weighted by molar-refractivity contribution is -0.121. The Labute approximate surface area is 96.7 Å². The van der Waals surface area contributed by atoms with Gasteiger partial charge in [0, 0.05) is 0 Å². The van der Waals surface area contributed by atoms with E-state index in [-0.39, 0.29) is 37.0 Å². The average Bonchev–Trinajstić information content (AvgIpc) is 2.84. The molecule has 1 amide bonds. The quantitative estimate of drug-likeness (QED) is 0.585. The summed E-state index contributed by atoms with van der Waals surface area (Å²) in [5, 5.41) is 6.17. The summed E-state index contributed by atoms with van der Waals surface area (Å²) in [5.74, 6) is -1.10. The van der Waals surface area contributed by atoms with Crippen molar-refractivity contribution in [1.82, 2.24) is 10.2 Å². The predicted molar refractivity (Wildman–Crippen MR) is 56.5 cm³/mol. The zero-order valence-corrected chi connectivity index (χ0v) is 9.23. The molecule has 2 rings (SSSR count). The van der Waals surface area contributed by atoms with Gasteiger partial charge in [-0.25, -0.2) is 4.79 Å². The molecule has 1 saturated heterocycles. The molecular weight excluding hydrogens is 226 g/mol. The number of amides is 1. The van der Waals surface area contributed by atoms with Gasteiger partial charge in [0.25, 0.3) is 0 Å². The fraction of sp³-hybridized carbons (Fsp3) is 0.400. The summed E-state index contributed by atoms with van der Waals surface area (Å²) in [6.45, 7) is 1.88. The van der Waals surface area contributed by atoms with Crippen molar-refractivity contribution < 1.29 is 19.1 Å². The molecule has 0 unspecified atom stereocenters. The highest BCUT2D eigenvalue weighted by Crippen LogP contribution is 2.22. The van der Waals surface area contributed by atoms with E-state index in [0.717, 1.165) is 0 Å². The van der Waals surface area contributed by atoms with E-state index in [1.807, 2.05) is 0 Å². The third kappa shape index (κ3) is 2.03. The minimum Gasteiger partial charge on any atom is -0.461 e. The minimum atomic E-state index is -0.591. The second-order valence-corrected chi connectivity index (χ2v) is 3.55. The van der Waals surface area contributed by atoms with Crippen LogP contribution in [0.25, 0.3) is 0 Å². The van der Waals surface area contributed by atoms with Gasteiger partial charge in [-0.1, -0.05) is 0 Å². The van der Waals surface area contributed by atoms with Crippen molar-refractivity contribution in [2.45, 2.75) is 13.3 Å². The number of ether oxygens (including phenoxy) is 1. The molecule has 1 fully saturated rings. The van der Waals surface area contributed by atoms with Crippen LogP contribution in [-0.2, 0) is 14.3 Å². The number of rotatable bonds is 3. The van der Waals surface area contributed by atoms with Crippen molar-refractivity contribution in [2.75, 3.05) is 18.1 Å². The van der Waals surface area contributed by atoms with Crippen molar-refractivity contribution >= 4 is 23.3 Å². The van der Waals surface area contributed by atoms with Crippen LogP contribution in [0.1, 0.15) is 23.8 Å². The van der Waals surface area contributed by atoms with Crippen LogP contribution >= 0.6 is 0 Å². The van der Waals surface area contributed by atoms with Gasteiger partial charge in [0.2, 0.25) is 5.91 Å². The van der Waals surface area contributed by atoms with Gasteiger partial charge in [-0.3, -0.25) is 14.7 Å². The van der Waals surface area contributed by atoms with Crippen LogP contribution in [0.2, 0.25) is 0 Å². The van der Waals surface area contributed by atoms with Gasteiger partial charge in [0.15, 0.2) is 11.5 Å². The first-order valence-corrected chi connectivity index (χ1v) is 5.16. The Kier molecular flexibility index (Phi) is 2.90. The first-order valence-electron chi connectivity index (χ1n) is 5.16. The molecule has 0 atom stereocenters. The van der Waals surface area contributed by atoms with Gasteiger partial charge in [-0.2, -0.15) is 5.10 Å². The van der Waals surface area contributed by atoms with Crippen LogP contribution in [0.4, 0.5) is 5.69 Å². The molecule has 1 aromatic rings. The Morgan fingerprint density at radius 3 is 2.94 bits per heavy atom. The number of H-pyrrole nitrogens is 1. The molecule has 0 radical (unpaired) electrons. The topological polar surface area (TPSA) is 92.4 Å². The molecule has 7 nitrogen and oxygen atoms in total. The Hall–Kier alpha value is -2.18. The molecule has 0 aromatic carbocycles. The Morgan fingerprint density at radius 2 is 2.35 bits per heavy atom. The molecule has 17 heavy (non-hydrogen) atoms. The Balaban J connectivity index is 2.28. The van der Waals surface area contributed by atoms with E-state index in [9.17, 15) is 14.4 Å². The van der Waals surface area contributed by atoms with Crippen molar-refractivity contribution in [1.29, 1.82) is 0 Å². The first kappa shape index (κ1) is 11.3. The molecule has 1 aliphatic rings. The molecular formula is C10H11N3O4. The number of hydrogen-bond acceptors (Lipinski definition) is 5. The van der Waals surface area contributed by atoms with Crippen molar-refractivity contribution in [3.05, 3.63) is 11.9 Å². The molecule has 1 N–H and O–H groups in total. The maximum absolute atomic E-state index is 11.6. The van der Waals surface area contributed by atoms with Crippen LogP contribution < -0.4 is 4.90 Å². The van der Waals surface area contributed by atoms with E-state index in [2.05, 4.69) is 10.2 Å². The smallest absolute Gasteiger partial charge is 0.358 e. The van der Waals surface area contributed by atoms with Crippen LogP contribution in [0.5, 0.6) is 0 Å². The van der Waals surface area contributed by atoms with E-state index in [1.54, 1.807) is 6.92 Å². The number of aromatic nitrogens is 2. The summed E-state index contributed by atoms with van der Waals surface area (Å²) in [7, 11) is 0. The maximum atomic E-state index is 11.6. The van der Waals surface area contributed by atoms with E-state index in [4.69, 9.17) is 4.74 Å². The van der Waals surface area contributed by atoms with Crippen LogP contribution in [-0.4, -0.2) is 41.0 Å². The number of carbonyl (C=O) groups is 3. The van der Waals surface area contributed by atoms with Gasteiger partial charge in [-0.15, -0.1) is 0 Å². The largest absolute Gasteiger partial charge is 0.461 e. The molecule has 1 aliphatic heterocycles. The minimum absolute atomic E-state index is 0.0230. The van der Waals surface area contributed by atoms with Crippen LogP contribution in [0, 0.1) is 0 Å². The molecule has 0 saturated carbocycles. The molecule has 0 aliphatic carbocycles. The summed E-state index contributed by atoms with van der Waals surface area (Å²) < 4.78 is 4.82. The first-order chi connectivity index (χ1) is 8.13. The fourth-order valence-electron chi connectivity index (χ4n) is 1.64. The molecule has 0 spiro atoms. The Morgan fingerprint density at radius 1 is 1.59 bits per heavy atom. The third-order valence-electron chi connectivity index (χ3n) is 2.37. The zero-order chi connectivity index (χ0) is 12.4. The van der Waals surface area contributed by atoms with Gasteiger partial charge in [0.1, 0.15) is 0 Å². The lowest BCUT2D eigenvalue weighted by Gasteiger charge is -2.13. The van der Waals surface area contributed by atoms with Gasteiger partial charge < -0.3 is 9.64 Å². The number of hydrogen-bond donors (Lipinski definition) is 1. The number of nitrogens with zero attached hydrogens (tertiary/aromatic N) is 2. The number of Topliss-reactive ketones (excluding diaryl/α,β-unsaturated/α-hetero) is 1. The summed E-state index contributed by atoms with van der Waals surface area (Å²) in [6.07, 6.45) is 1.20. The monoisotopic (exact) mass is 237 g/mol. The predicted octanol–water partition coefficient (Wildman–Crippen LogP) is -0.108. The van der Waals surface area contributed by atoms with Gasteiger partial charge in [0.05, 0.1) is 31.5 Å². The standard InChI is InChI=1S/C10H11N3O4/c1-2-17-10(16)9-7(4-11-12-9)13-5-6(14)3-8(13)15/h4H,2-3,5H2,1H3,(H,11,12). The highest BCUT2D eigenvalue weighted by atomic mass is 16.5. The van der Waals surface area contributed by atoms with Crippen LogP contribution in [0.3, 0.4) is 0 Å². The van der Waals surface area contributed by atoms with Crippen molar-refractivity contribution in [3.8, 4) is 0 Å². The van der Waals surface area contributed by atoms with E-state index < -0.39 is 5.97 Å². The highest BCUT2D eigenvalue weighted by Gasteiger charge is 2.32. The average molecular weight is 237 g/mol. The lowest BCUT2D eigenvalue weighted by atomic mass is 10.3. The summed E-state index contributed by atoms with van der Waals surface area (Å²) >= 11 is 0. The maximum Gasteiger partial charge on any atom is 0.358 e. The number of nitrogens with one attached hydrogen (secondary N) is 1. The zero-order valence-electron chi connectivity index (χ0n) is 9.23. The normalized spacial score (nSPS) is 15.5. The molecule has 2 heterocycles. The number of aromatic amines is 1. The van der Waals surface area contributed by atoms with Crippen LogP contribution in [0.15, 0.2) is 6.20 Å². The van der Waals surface area contributed by atoms with E-state index in [1.165, 1.54) is 11.1 Å². The molecule has 1 aromatic heterocycles. The number of anilines is 1. The number of ketones is 1. The molecule has 7 heteroatoms. The fourth-order valence-corrected chi connectivity index (χ4v) is 1.64. The second kappa shape index (κ2) is 4.36. The molecule has 0 bridgehead atoms. The number of esters is 1. The van der Waals surface area contributed by atoms with Crippen molar-refractivity contribution in [3.63, 3.8) is 0 Å². The second-order valence-electron chi connectivity index (χ2n) is 3.55. The highest BCUT2D eigenvalue weighted by molar-refractivity contribution is 6.16. The van der Waals surface area contributed by atoms with Crippen molar-refractivity contribution in [2.24, 2.45) is 0 Å². The SMILES string of the molecule is CCOC(=O)c1[nH]ncc1N1CC(=O)CC1=O. The Bertz CT molecular complexity index is 480.